The highest BCUT2D eigenvalue weighted by Crippen LogP contribution is 2.45. The summed E-state index contributed by atoms with van der Waals surface area (Å²) in [5, 5.41) is 18.5. The van der Waals surface area contributed by atoms with Crippen LogP contribution in [-0.4, -0.2) is 40.1 Å². The Morgan fingerprint density at radius 1 is 1.21 bits per heavy atom. The Morgan fingerprint density at radius 2 is 2.03 bits per heavy atom. The van der Waals surface area contributed by atoms with Crippen LogP contribution in [0.25, 0.3) is 11.1 Å². The molecule has 2 N–H and O–H groups in total. The van der Waals surface area contributed by atoms with Gasteiger partial charge >= 0.3 is 6.09 Å². The summed E-state index contributed by atoms with van der Waals surface area (Å²) in [5.74, 6) is 1.28. The molecule has 1 atom stereocenters. The van der Waals surface area contributed by atoms with Gasteiger partial charge in [-0.2, -0.15) is 5.10 Å². The van der Waals surface area contributed by atoms with E-state index in [1.54, 1.807) is 12.1 Å². The summed E-state index contributed by atoms with van der Waals surface area (Å²) in [7, 11) is 0. The Labute approximate surface area is 197 Å². The lowest BCUT2D eigenvalue weighted by Crippen LogP contribution is -2.41. The maximum Gasteiger partial charge on any atom is 0.412 e. The van der Waals surface area contributed by atoms with Gasteiger partial charge in [-0.15, -0.1) is 0 Å². The number of anilines is 1. The second-order valence-electron chi connectivity index (χ2n) is 8.73. The van der Waals surface area contributed by atoms with Crippen LogP contribution in [0.3, 0.4) is 0 Å². The third-order valence-corrected chi connectivity index (χ3v) is 6.80. The van der Waals surface area contributed by atoms with E-state index in [9.17, 15) is 9.90 Å². The van der Waals surface area contributed by atoms with Gasteiger partial charge in [0.25, 0.3) is 0 Å². The van der Waals surface area contributed by atoms with E-state index in [2.05, 4.69) is 16.6 Å². The third kappa shape index (κ3) is 4.30. The lowest BCUT2D eigenvalue weighted by atomic mass is 9.92. The summed E-state index contributed by atoms with van der Waals surface area (Å²) in [4.78, 5) is 13.5. The second kappa shape index (κ2) is 9.08. The summed E-state index contributed by atoms with van der Waals surface area (Å²) >= 11 is 6.20. The lowest BCUT2D eigenvalue weighted by molar-refractivity contribution is 0.198. The molecule has 7 nitrogen and oxygen atoms in total. The van der Waals surface area contributed by atoms with Gasteiger partial charge in [0.15, 0.2) is 0 Å². The molecule has 172 valence electrons. The van der Waals surface area contributed by atoms with Crippen LogP contribution in [0.5, 0.6) is 11.5 Å². The number of halogens is 1. The first-order chi connectivity index (χ1) is 16.0. The van der Waals surface area contributed by atoms with Crippen LogP contribution in [0.15, 0.2) is 48.8 Å². The van der Waals surface area contributed by atoms with Crippen LogP contribution < -0.4 is 15.0 Å². The Balaban J connectivity index is 1.60. The number of carbonyl (C=O) groups is 1. The molecule has 1 unspecified atom stereocenters. The van der Waals surface area contributed by atoms with Crippen LogP contribution >= 0.6 is 11.6 Å². The predicted octanol–water partition coefficient (Wildman–Crippen LogP) is 5.74. The minimum absolute atomic E-state index is 0.0949. The summed E-state index contributed by atoms with van der Waals surface area (Å²) in [6.45, 7) is 3.92. The first-order valence-corrected chi connectivity index (χ1v) is 11.8. The molecular formula is C25H27ClN4O3. The zero-order valence-electron chi connectivity index (χ0n) is 18.5. The predicted molar refractivity (Wildman–Crippen MR) is 129 cm³/mol. The van der Waals surface area contributed by atoms with Gasteiger partial charge in [0.05, 0.1) is 17.9 Å². The van der Waals surface area contributed by atoms with Crippen LogP contribution in [0.4, 0.5) is 10.5 Å². The van der Waals surface area contributed by atoms with E-state index < -0.39 is 6.09 Å². The van der Waals surface area contributed by atoms with Crippen molar-refractivity contribution in [2.75, 3.05) is 18.0 Å². The molecule has 2 aliphatic rings. The van der Waals surface area contributed by atoms with Crippen molar-refractivity contribution < 1.29 is 14.6 Å². The fourth-order valence-corrected chi connectivity index (χ4v) is 5.02. The van der Waals surface area contributed by atoms with Crippen molar-refractivity contribution in [1.82, 2.24) is 15.1 Å². The minimum Gasteiger partial charge on any atom is -0.465 e. The second-order valence-corrected chi connectivity index (χ2v) is 9.17. The SMILES string of the molecule is CC1CCc2c(ccc(-c3cnn(C4CCNCC4)c3)c2Oc2cccc(Cl)c2)N1C(=O)O. The Bertz CT molecular complexity index is 1170. The zero-order chi connectivity index (χ0) is 22.9. The highest BCUT2D eigenvalue weighted by molar-refractivity contribution is 6.30. The van der Waals surface area contributed by atoms with Crippen LogP contribution in [0.2, 0.25) is 5.02 Å². The molecular weight excluding hydrogens is 440 g/mol. The summed E-state index contributed by atoms with van der Waals surface area (Å²) in [6, 6.07) is 11.4. The number of carboxylic acid groups (broad SMARTS) is 1. The number of rotatable bonds is 4. The third-order valence-electron chi connectivity index (χ3n) is 6.57. The van der Waals surface area contributed by atoms with E-state index in [0.29, 0.717) is 28.3 Å². The van der Waals surface area contributed by atoms with E-state index in [1.165, 1.54) is 4.90 Å². The molecule has 1 fully saturated rings. The Hall–Kier alpha value is -3.03. The van der Waals surface area contributed by atoms with Gasteiger partial charge in [0.2, 0.25) is 0 Å². The number of hydrogen-bond acceptors (Lipinski definition) is 4. The van der Waals surface area contributed by atoms with Gasteiger partial charge in [-0.1, -0.05) is 17.7 Å². The van der Waals surface area contributed by atoms with Crippen molar-refractivity contribution in [3.05, 3.63) is 59.4 Å². The average molecular weight is 467 g/mol. The van der Waals surface area contributed by atoms with Crippen molar-refractivity contribution in [3.8, 4) is 22.6 Å². The fourth-order valence-electron chi connectivity index (χ4n) is 4.84. The fraction of sp³-hybridized carbons (Fsp3) is 0.360. The molecule has 0 saturated carbocycles. The number of aromatic nitrogens is 2. The normalized spacial score (nSPS) is 18.7. The van der Waals surface area contributed by atoms with E-state index in [0.717, 1.165) is 55.5 Å². The van der Waals surface area contributed by atoms with Gasteiger partial charge in [-0.3, -0.25) is 9.58 Å². The number of nitrogens with zero attached hydrogens (tertiary/aromatic N) is 3. The summed E-state index contributed by atoms with van der Waals surface area (Å²) in [5.41, 5.74) is 3.41. The molecule has 0 aliphatic carbocycles. The quantitative estimate of drug-likeness (QED) is 0.512. The summed E-state index contributed by atoms with van der Waals surface area (Å²) in [6.07, 6.45) is 6.53. The van der Waals surface area contributed by atoms with Crippen molar-refractivity contribution in [1.29, 1.82) is 0 Å². The number of ether oxygens (including phenoxy) is 1. The van der Waals surface area contributed by atoms with Gasteiger partial charge in [-0.25, -0.2) is 4.79 Å². The molecule has 3 heterocycles. The monoisotopic (exact) mass is 466 g/mol. The smallest absolute Gasteiger partial charge is 0.412 e. The van der Waals surface area contributed by atoms with Crippen molar-refractivity contribution in [2.45, 2.75) is 44.7 Å². The maximum atomic E-state index is 12.0. The molecule has 1 saturated heterocycles. The Morgan fingerprint density at radius 3 is 2.79 bits per heavy atom. The molecule has 0 spiro atoms. The van der Waals surface area contributed by atoms with E-state index in [4.69, 9.17) is 16.3 Å². The number of nitrogens with one attached hydrogen (secondary N) is 1. The van der Waals surface area contributed by atoms with Crippen LogP contribution in [0.1, 0.15) is 37.8 Å². The molecule has 1 amide bonds. The van der Waals surface area contributed by atoms with Crippen molar-refractivity contribution in [3.63, 3.8) is 0 Å². The highest BCUT2D eigenvalue weighted by atomic mass is 35.5. The number of hydrogen-bond donors (Lipinski definition) is 2. The first kappa shape index (κ1) is 21.8. The van der Waals surface area contributed by atoms with E-state index in [-0.39, 0.29) is 6.04 Å². The molecule has 0 radical (unpaired) electrons. The molecule has 33 heavy (non-hydrogen) atoms. The first-order valence-electron chi connectivity index (χ1n) is 11.4. The number of piperidine rings is 1. The molecule has 1 aromatic heterocycles. The van der Waals surface area contributed by atoms with Gasteiger partial charge in [0, 0.05) is 34.0 Å². The molecule has 3 aromatic rings. The standard InChI is InChI=1S/C25H27ClN4O3/c1-16-5-6-22-23(30(16)25(31)32)8-7-21(24(22)33-20-4-2-3-18(26)13-20)17-14-28-29(15-17)19-9-11-27-12-10-19/h2-4,7-8,13-16,19,27H,5-6,9-12H2,1H3,(H,31,32). The van der Waals surface area contributed by atoms with Crippen molar-refractivity contribution >= 4 is 23.4 Å². The Kier molecular flexibility index (Phi) is 6.00. The number of fused-ring (bicyclic) bond motifs is 1. The minimum atomic E-state index is -0.955. The molecule has 0 bridgehead atoms. The lowest BCUT2D eigenvalue weighted by Gasteiger charge is -2.34. The van der Waals surface area contributed by atoms with Gasteiger partial charge in [-0.05, 0) is 76.0 Å². The topological polar surface area (TPSA) is 79.6 Å². The zero-order valence-corrected chi connectivity index (χ0v) is 19.3. The number of benzene rings is 2. The molecule has 8 heteroatoms. The van der Waals surface area contributed by atoms with Crippen LogP contribution in [0, 0.1) is 0 Å². The van der Waals surface area contributed by atoms with Gasteiger partial charge < -0.3 is 15.2 Å². The molecule has 5 rings (SSSR count). The van der Waals surface area contributed by atoms with Crippen molar-refractivity contribution in [2.24, 2.45) is 0 Å². The van der Waals surface area contributed by atoms with E-state index in [1.807, 2.05) is 42.1 Å². The molecule has 2 aliphatic heterocycles. The number of amides is 1. The van der Waals surface area contributed by atoms with E-state index >= 15 is 0 Å². The van der Waals surface area contributed by atoms with Gasteiger partial charge in [0.1, 0.15) is 11.5 Å². The van der Waals surface area contributed by atoms with Crippen LogP contribution in [-0.2, 0) is 6.42 Å². The largest absolute Gasteiger partial charge is 0.465 e. The molecule has 2 aromatic carbocycles. The highest BCUT2D eigenvalue weighted by Gasteiger charge is 2.32. The average Bonchev–Trinajstić information content (AvgIpc) is 3.29. The summed E-state index contributed by atoms with van der Waals surface area (Å²) < 4.78 is 8.46. The maximum absolute atomic E-state index is 12.0.